The van der Waals surface area contributed by atoms with E-state index in [9.17, 15) is 0 Å². The van der Waals surface area contributed by atoms with Crippen LogP contribution in [0, 0.1) is 0 Å². The van der Waals surface area contributed by atoms with E-state index >= 15 is 0 Å². The van der Waals surface area contributed by atoms with Crippen molar-refractivity contribution < 1.29 is 0 Å². The van der Waals surface area contributed by atoms with E-state index in [1.165, 1.54) is 60.1 Å². The van der Waals surface area contributed by atoms with Crippen LogP contribution < -0.4 is 0 Å². The molecule has 0 atom stereocenters. The van der Waals surface area contributed by atoms with Gasteiger partial charge in [-0.15, -0.1) is 0 Å². The molecule has 0 amide bonds. The Morgan fingerprint density at radius 3 is 2.14 bits per heavy atom. The van der Waals surface area contributed by atoms with E-state index in [2.05, 4.69) is 111 Å². The summed E-state index contributed by atoms with van der Waals surface area (Å²) < 4.78 is 0. The lowest BCUT2D eigenvalue weighted by Gasteiger charge is -2.30. The van der Waals surface area contributed by atoms with Crippen molar-refractivity contribution in [1.29, 1.82) is 0 Å². The normalized spacial score (nSPS) is 13.9. The van der Waals surface area contributed by atoms with Crippen molar-refractivity contribution >= 4 is 32.3 Å². The maximum atomic E-state index is 4.92. The molecule has 0 radical (unpaired) electrons. The molecule has 1 nitrogen and oxygen atoms in total. The van der Waals surface area contributed by atoms with Gasteiger partial charge >= 0.3 is 0 Å². The molecule has 1 heteroatoms. The van der Waals surface area contributed by atoms with Gasteiger partial charge in [0.1, 0.15) is 0 Å². The van der Waals surface area contributed by atoms with Crippen LogP contribution in [-0.2, 0) is 5.41 Å². The monoisotopic (exact) mass is 449 g/mol. The highest BCUT2D eigenvalue weighted by Crippen LogP contribution is 2.53. The highest BCUT2D eigenvalue weighted by atomic mass is 14.7. The van der Waals surface area contributed by atoms with E-state index in [4.69, 9.17) is 4.98 Å². The molecule has 0 N–H and O–H groups in total. The summed E-state index contributed by atoms with van der Waals surface area (Å²) in [6.45, 7) is 4.66. The van der Waals surface area contributed by atoms with Gasteiger partial charge in [0.15, 0.2) is 0 Å². The van der Waals surface area contributed by atoms with Crippen LogP contribution in [0.15, 0.2) is 103 Å². The average Bonchev–Trinajstić information content (AvgIpc) is 3.21. The molecule has 5 aromatic carbocycles. The third-order valence-corrected chi connectivity index (χ3v) is 8.42. The van der Waals surface area contributed by atoms with E-state index < -0.39 is 0 Å². The summed E-state index contributed by atoms with van der Waals surface area (Å²) in [6, 6.07) is 35.8. The minimum Gasteiger partial charge on any atom is -0.256 e. The summed E-state index contributed by atoms with van der Waals surface area (Å²) in [7, 11) is 0. The molecule has 0 spiro atoms. The summed E-state index contributed by atoms with van der Waals surface area (Å²) >= 11 is 0. The summed E-state index contributed by atoms with van der Waals surface area (Å²) in [5.41, 5.74) is 8.03. The molecule has 1 aliphatic rings. The molecule has 0 saturated heterocycles. The fourth-order valence-electron chi connectivity index (χ4n) is 6.60. The first-order valence-corrected chi connectivity index (χ1v) is 12.7. The Bertz CT molecular complexity index is 1770. The number of benzene rings is 5. The van der Waals surface area contributed by atoms with Gasteiger partial charge in [-0.3, -0.25) is 4.98 Å². The van der Waals surface area contributed by atoms with Crippen LogP contribution in [-0.4, -0.2) is 4.98 Å². The first-order valence-electron chi connectivity index (χ1n) is 12.7. The second-order valence-corrected chi connectivity index (χ2v) is 9.80. The van der Waals surface area contributed by atoms with Gasteiger partial charge in [-0.25, -0.2) is 0 Å². The molecule has 0 saturated carbocycles. The van der Waals surface area contributed by atoms with Crippen molar-refractivity contribution in [2.45, 2.75) is 32.1 Å². The van der Waals surface area contributed by atoms with Crippen molar-refractivity contribution in [3.05, 3.63) is 114 Å². The van der Waals surface area contributed by atoms with Crippen LogP contribution in [0.1, 0.15) is 37.8 Å². The van der Waals surface area contributed by atoms with Crippen LogP contribution >= 0.6 is 0 Å². The summed E-state index contributed by atoms with van der Waals surface area (Å²) in [4.78, 5) is 4.92. The zero-order valence-corrected chi connectivity index (χ0v) is 20.2. The molecule has 1 aromatic heterocycles. The number of pyridine rings is 1. The van der Waals surface area contributed by atoms with E-state index in [1.54, 1.807) is 0 Å². The molecule has 6 aromatic rings. The lowest BCUT2D eigenvalue weighted by molar-refractivity contribution is 0.490. The predicted octanol–water partition coefficient (Wildman–Crippen LogP) is 9.29. The average molecular weight is 450 g/mol. The van der Waals surface area contributed by atoms with Crippen molar-refractivity contribution in [1.82, 2.24) is 4.98 Å². The maximum absolute atomic E-state index is 4.92. The van der Waals surface area contributed by atoms with Crippen molar-refractivity contribution in [3.8, 4) is 22.4 Å². The molecule has 0 bridgehead atoms. The van der Waals surface area contributed by atoms with Gasteiger partial charge in [-0.1, -0.05) is 98.8 Å². The van der Waals surface area contributed by atoms with Gasteiger partial charge in [0, 0.05) is 22.6 Å². The molecule has 1 heterocycles. The van der Waals surface area contributed by atoms with Gasteiger partial charge in [0.25, 0.3) is 0 Å². The smallest absolute Gasteiger partial charge is 0.0780 e. The SMILES string of the molecule is CCC1(CC)c2ccccc2-c2ccc(-c3nccc4c3ccc3c5ccccc5ccc43)cc21. The van der Waals surface area contributed by atoms with Crippen molar-refractivity contribution in [3.63, 3.8) is 0 Å². The second-order valence-electron chi connectivity index (χ2n) is 9.80. The lowest BCUT2D eigenvalue weighted by atomic mass is 9.73. The molecular formula is C34H27N. The maximum Gasteiger partial charge on any atom is 0.0780 e. The number of hydrogen-bond acceptors (Lipinski definition) is 1. The Morgan fingerprint density at radius 1 is 0.571 bits per heavy atom. The van der Waals surface area contributed by atoms with Crippen molar-refractivity contribution in [2.75, 3.05) is 0 Å². The van der Waals surface area contributed by atoms with Crippen LogP contribution in [0.25, 0.3) is 54.7 Å². The lowest BCUT2D eigenvalue weighted by Crippen LogP contribution is -2.23. The third kappa shape index (κ3) is 2.73. The van der Waals surface area contributed by atoms with Crippen LogP contribution in [0.3, 0.4) is 0 Å². The number of aromatic nitrogens is 1. The van der Waals surface area contributed by atoms with E-state index in [1.807, 2.05) is 6.20 Å². The Labute approximate surface area is 206 Å². The fraction of sp³-hybridized carbons (Fsp3) is 0.147. The van der Waals surface area contributed by atoms with Gasteiger partial charge in [-0.2, -0.15) is 0 Å². The fourth-order valence-corrected chi connectivity index (χ4v) is 6.60. The standard InChI is InChI=1S/C34H27N/c1-3-34(4-2)31-12-8-7-11-28(31)29-16-14-23(21-32(29)34)33-30-18-17-25-24-10-6-5-9-22(24)13-15-26(25)27(30)19-20-35-33/h5-21H,3-4H2,1-2H3. The Balaban J connectivity index is 1.48. The molecule has 7 rings (SSSR count). The van der Waals surface area contributed by atoms with Crippen molar-refractivity contribution in [2.24, 2.45) is 0 Å². The number of hydrogen-bond donors (Lipinski definition) is 0. The molecule has 168 valence electrons. The van der Waals surface area contributed by atoms with Gasteiger partial charge in [-0.05, 0) is 74.2 Å². The predicted molar refractivity (Wildman–Crippen MR) is 149 cm³/mol. The highest BCUT2D eigenvalue weighted by Gasteiger charge is 2.40. The topological polar surface area (TPSA) is 12.9 Å². The van der Waals surface area contributed by atoms with E-state index in [-0.39, 0.29) is 5.41 Å². The van der Waals surface area contributed by atoms with Crippen LogP contribution in [0.4, 0.5) is 0 Å². The largest absolute Gasteiger partial charge is 0.256 e. The van der Waals surface area contributed by atoms with Gasteiger partial charge in [0.2, 0.25) is 0 Å². The van der Waals surface area contributed by atoms with Gasteiger partial charge in [0.05, 0.1) is 5.69 Å². The zero-order valence-electron chi connectivity index (χ0n) is 20.2. The summed E-state index contributed by atoms with van der Waals surface area (Å²) in [5.74, 6) is 0. The second kappa shape index (κ2) is 7.52. The molecule has 35 heavy (non-hydrogen) atoms. The van der Waals surface area contributed by atoms with Gasteiger partial charge < -0.3 is 0 Å². The Hall–Kier alpha value is -3.97. The van der Waals surface area contributed by atoms with Crippen LogP contribution in [0.2, 0.25) is 0 Å². The minimum atomic E-state index is 0.0676. The number of fused-ring (bicyclic) bond motifs is 8. The first-order chi connectivity index (χ1) is 17.2. The molecule has 1 aliphatic carbocycles. The number of nitrogens with zero attached hydrogens (tertiary/aromatic N) is 1. The molecule has 0 fully saturated rings. The molecule has 0 unspecified atom stereocenters. The minimum absolute atomic E-state index is 0.0676. The number of rotatable bonds is 3. The summed E-state index contributed by atoms with van der Waals surface area (Å²) in [6.07, 6.45) is 4.16. The Kier molecular flexibility index (Phi) is 4.38. The van der Waals surface area contributed by atoms with E-state index in [0.717, 1.165) is 18.5 Å². The summed E-state index contributed by atoms with van der Waals surface area (Å²) in [5, 5.41) is 7.64. The van der Waals surface area contributed by atoms with Crippen LogP contribution in [0.5, 0.6) is 0 Å². The quantitative estimate of drug-likeness (QED) is 0.245. The third-order valence-electron chi connectivity index (χ3n) is 8.42. The first kappa shape index (κ1) is 20.4. The molecular weight excluding hydrogens is 422 g/mol. The van der Waals surface area contributed by atoms with E-state index in [0.29, 0.717) is 0 Å². The Morgan fingerprint density at radius 2 is 1.26 bits per heavy atom. The highest BCUT2D eigenvalue weighted by molar-refractivity contribution is 6.18. The zero-order chi connectivity index (χ0) is 23.6. The molecule has 0 aliphatic heterocycles.